The van der Waals surface area contributed by atoms with Crippen molar-refractivity contribution in [3.8, 4) is 0 Å². The Balaban J connectivity index is 2.03. The van der Waals surface area contributed by atoms with E-state index in [2.05, 4.69) is 10.4 Å². The number of nitrogens with zero attached hydrogens (tertiary/aromatic N) is 2. The van der Waals surface area contributed by atoms with Crippen molar-refractivity contribution < 1.29 is 8.78 Å². The van der Waals surface area contributed by atoms with Crippen LogP contribution in [0.25, 0.3) is 0 Å². The summed E-state index contributed by atoms with van der Waals surface area (Å²) < 4.78 is 28.1. The van der Waals surface area contributed by atoms with E-state index >= 15 is 0 Å². The summed E-state index contributed by atoms with van der Waals surface area (Å²) in [4.78, 5) is 0. The fraction of sp³-hybridized carbons (Fsp3) is 0.357. The second kappa shape index (κ2) is 6.33. The summed E-state index contributed by atoms with van der Waals surface area (Å²) in [5.74, 6) is -1.13. The van der Waals surface area contributed by atoms with Gasteiger partial charge >= 0.3 is 0 Å². The van der Waals surface area contributed by atoms with Crippen LogP contribution in [0, 0.1) is 18.6 Å². The van der Waals surface area contributed by atoms with Crippen molar-refractivity contribution in [3.05, 3.63) is 51.8 Å². The maximum Gasteiger partial charge on any atom is 0.130 e. The molecule has 0 spiro atoms. The summed E-state index contributed by atoms with van der Waals surface area (Å²) in [6, 6.07) is 3.56. The molecule has 2 rings (SSSR count). The van der Waals surface area contributed by atoms with Gasteiger partial charge in [0.1, 0.15) is 11.6 Å². The van der Waals surface area contributed by atoms with E-state index in [9.17, 15) is 8.78 Å². The molecular weight excluding hydrogens is 284 g/mol. The highest BCUT2D eigenvalue weighted by Crippen LogP contribution is 2.20. The molecule has 1 N–H and O–H groups in total. The Morgan fingerprint density at radius 2 is 2.05 bits per heavy atom. The van der Waals surface area contributed by atoms with Crippen molar-refractivity contribution in [2.24, 2.45) is 0 Å². The van der Waals surface area contributed by atoms with Crippen LogP contribution in [0.2, 0.25) is 5.02 Å². The predicted molar refractivity (Wildman–Crippen MR) is 74.5 cm³/mol. The first-order valence-electron chi connectivity index (χ1n) is 6.39. The fourth-order valence-corrected chi connectivity index (χ4v) is 2.22. The van der Waals surface area contributed by atoms with E-state index in [1.807, 2.05) is 18.5 Å². The summed E-state index contributed by atoms with van der Waals surface area (Å²) >= 11 is 6.18. The van der Waals surface area contributed by atoms with E-state index < -0.39 is 11.6 Å². The van der Waals surface area contributed by atoms with Gasteiger partial charge in [-0.05, 0) is 19.9 Å². The van der Waals surface area contributed by atoms with Crippen LogP contribution in [0.4, 0.5) is 8.78 Å². The molecule has 108 valence electrons. The summed E-state index contributed by atoms with van der Waals surface area (Å²) in [7, 11) is 0. The van der Waals surface area contributed by atoms with Gasteiger partial charge in [-0.15, -0.1) is 0 Å². The normalized spacial score (nSPS) is 11.1. The third kappa shape index (κ3) is 3.16. The van der Waals surface area contributed by atoms with Crippen molar-refractivity contribution in [3.63, 3.8) is 0 Å². The Morgan fingerprint density at radius 1 is 1.30 bits per heavy atom. The molecule has 0 radical (unpaired) electrons. The number of nitrogens with one attached hydrogen (secondary N) is 1. The summed E-state index contributed by atoms with van der Waals surface area (Å²) in [6.07, 6.45) is 0. The standard InChI is InChI=1S/C14H16ClF2N3/c1-3-20-13(14(15)9(2)19-20)8-18-7-10-4-5-11(16)6-12(10)17/h4-6,18H,3,7-8H2,1-2H3. The molecule has 0 aliphatic rings. The maximum absolute atomic E-state index is 13.5. The van der Waals surface area contributed by atoms with Gasteiger partial charge in [-0.1, -0.05) is 17.7 Å². The van der Waals surface area contributed by atoms with Gasteiger partial charge in [-0.2, -0.15) is 5.10 Å². The maximum atomic E-state index is 13.5. The third-order valence-corrected chi connectivity index (χ3v) is 3.57. The Morgan fingerprint density at radius 3 is 2.70 bits per heavy atom. The number of hydrogen-bond donors (Lipinski definition) is 1. The zero-order valence-electron chi connectivity index (χ0n) is 11.4. The molecule has 0 atom stereocenters. The van der Waals surface area contributed by atoms with Crippen LogP contribution < -0.4 is 5.32 Å². The molecule has 0 saturated carbocycles. The molecule has 0 fully saturated rings. The van der Waals surface area contributed by atoms with Gasteiger partial charge in [0.05, 0.1) is 16.4 Å². The van der Waals surface area contributed by atoms with Crippen LogP contribution in [0.5, 0.6) is 0 Å². The first kappa shape index (κ1) is 14.9. The first-order valence-corrected chi connectivity index (χ1v) is 6.77. The number of benzene rings is 1. The lowest BCUT2D eigenvalue weighted by Crippen LogP contribution is -2.17. The molecule has 20 heavy (non-hydrogen) atoms. The van der Waals surface area contributed by atoms with Gasteiger partial charge in [0, 0.05) is 31.3 Å². The van der Waals surface area contributed by atoms with Crippen molar-refractivity contribution in [2.45, 2.75) is 33.5 Å². The highest BCUT2D eigenvalue weighted by molar-refractivity contribution is 6.31. The molecule has 0 aliphatic heterocycles. The molecule has 1 heterocycles. The Kier molecular flexibility index (Phi) is 4.73. The van der Waals surface area contributed by atoms with E-state index in [1.165, 1.54) is 12.1 Å². The van der Waals surface area contributed by atoms with Crippen molar-refractivity contribution >= 4 is 11.6 Å². The van der Waals surface area contributed by atoms with E-state index in [1.54, 1.807) is 0 Å². The molecule has 0 saturated heterocycles. The van der Waals surface area contributed by atoms with Gasteiger partial charge in [-0.3, -0.25) is 4.68 Å². The molecule has 0 aliphatic carbocycles. The smallest absolute Gasteiger partial charge is 0.130 e. The van der Waals surface area contributed by atoms with E-state index in [0.717, 1.165) is 24.0 Å². The summed E-state index contributed by atoms with van der Waals surface area (Å²) in [5, 5.41) is 8.03. The van der Waals surface area contributed by atoms with E-state index in [-0.39, 0.29) is 0 Å². The average molecular weight is 300 g/mol. The number of aryl methyl sites for hydroxylation is 2. The monoisotopic (exact) mass is 299 g/mol. The highest BCUT2D eigenvalue weighted by atomic mass is 35.5. The molecule has 1 aromatic heterocycles. The minimum Gasteiger partial charge on any atom is -0.307 e. The van der Waals surface area contributed by atoms with Crippen LogP contribution in [-0.2, 0) is 19.6 Å². The highest BCUT2D eigenvalue weighted by Gasteiger charge is 2.12. The van der Waals surface area contributed by atoms with Crippen LogP contribution >= 0.6 is 11.6 Å². The molecule has 0 unspecified atom stereocenters. The lowest BCUT2D eigenvalue weighted by Gasteiger charge is -2.08. The molecule has 1 aromatic carbocycles. The zero-order chi connectivity index (χ0) is 14.7. The Bertz CT molecular complexity index is 611. The first-order chi connectivity index (χ1) is 9.52. The minimum atomic E-state index is -0.575. The van der Waals surface area contributed by atoms with Crippen LogP contribution in [0.1, 0.15) is 23.9 Å². The largest absolute Gasteiger partial charge is 0.307 e. The average Bonchev–Trinajstić information content (AvgIpc) is 2.68. The Hall–Kier alpha value is -1.46. The van der Waals surface area contributed by atoms with Gasteiger partial charge in [0.25, 0.3) is 0 Å². The van der Waals surface area contributed by atoms with Crippen LogP contribution in [0.3, 0.4) is 0 Å². The van der Waals surface area contributed by atoms with Gasteiger partial charge in [0.2, 0.25) is 0 Å². The number of halogens is 3. The predicted octanol–water partition coefficient (Wildman–Crippen LogP) is 3.43. The Labute approximate surface area is 121 Å². The van der Waals surface area contributed by atoms with E-state index in [4.69, 9.17) is 11.6 Å². The van der Waals surface area contributed by atoms with Gasteiger partial charge in [-0.25, -0.2) is 8.78 Å². The molecule has 2 aromatic rings. The molecular formula is C14H16ClF2N3. The number of aromatic nitrogens is 2. The van der Waals surface area contributed by atoms with E-state index in [0.29, 0.717) is 23.7 Å². The minimum absolute atomic E-state index is 0.302. The molecule has 3 nitrogen and oxygen atoms in total. The van der Waals surface area contributed by atoms with Crippen molar-refractivity contribution in [1.29, 1.82) is 0 Å². The molecule has 6 heteroatoms. The molecule has 0 amide bonds. The van der Waals surface area contributed by atoms with Crippen molar-refractivity contribution in [1.82, 2.24) is 15.1 Å². The number of hydrogen-bond acceptors (Lipinski definition) is 2. The SMILES string of the molecule is CCn1nc(C)c(Cl)c1CNCc1ccc(F)cc1F. The fourth-order valence-electron chi connectivity index (χ4n) is 2.02. The second-order valence-electron chi connectivity index (χ2n) is 4.50. The summed E-state index contributed by atoms with van der Waals surface area (Å²) in [6.45, 7) is 5.32. The topological polar surface area (TPSA) is 29.9 Å². The van der Waals surface area contributed by atoms with Crippen molar-refractivity contribution in [2.75, 3.05) is 0 Å². The number of rotatable bonds is 5. The van der Waals surface area contributed by atoms with Crippen LogP contribution in [0.15, 0.2) is 18.2 Å². The van der Waals surface area contributed by atoms with Gasteiger partial charge in [0.15, 0.2) is 0 Å². The summed E-state index contributed by atoms with van der Waals surface area (Å²) in [5.41, 5.74) is 2.06. The lowest BCUT2D eigenvalue weighted by atomic mass is 10.2. The quantitative estimate of drug-likeness (QED) is 0.916. The third-order valence-electron chi connectivity index (χ3n) is 3.08. The zero-order valence-corrected chi connectivity index (χ0v) is 12.1. The second-order valence-corrected chi connectivity index (χ2v) is 4.88. The van der Waals surface area contributed by atoms with Crippen LogP contribution in [-0.4, -0.2) is 9.78 Å². The lowest BCUT2D eigenvalue weighted by molar-refractivity contribution is 0.548. The van der Waals surface area contributed by atoms with Gasteiger partial charge < -0.3 is 5.32 Å². The molecule has 0 bridgehead atoms.